The number of para-hydroxylation sites is 1. The highest BCUT2D eigenvalue weighted by atomic mass is 16.2. The number of amides is 2. The molecule has 4 heteroatoms. The van der Waals surface area contributed by atoms with Crippen LogP contribution in [0.4, 0.5) is 5.69 Å². The maximum atomic E-state index is 11.8. The van der Waals surface area contributed by atoms with E-state index in [1.54, 1.807) is 0 Å². The molecule has 1 unspecified atom stereocenters. The van der Waals surface area contributed by atoms with E-state index in [1.165, 1.54) is 5.56 Å². The Balaban J connectivity index is 1.76. The molecule has 0 bridgehead atoms. The molecule has 4 nitrogen and oxygen atoms in total. The third-order valence-corrected chi connectivity index (χ3v) is 3.85. The number of carbonyl (C=O) groups is 2. The molecule has 0 aromatic heterocycles. The molecule has 1 aromatic carbocycles. The van der Waals surface area contributed by atoms with Crippen molar-refractivity contribution in [3.8, 4) is 0 Å². The van der Waals surface area contributed by atoms with Gasteiger partial charge in [-0.1, -0.05) is 18.2 Å². The van der Waals surface area contributed by atoms with Crippen LogP contribution in [-0.2, 0) is 16.0 Å². The van der Waals surface area contributed by atoms with Gasteiger partial charge in [0.1, 0.15) is 0 Å². The summed E-state index contributed by atoms with van der Waals surface area (Å²) in [6, 6.07) is 8.34. The summed E-state index contributed by atoms with van der Waals surface area (Å²) in [7, 11) is 0. The fourth-order valence-corrected chi connectivity index (χ4v) is 2.86. The van der Waals surface area contributed by atoms with Crippen molar-refractivity contribution in [2.24, 2.45) is 5.92 Å². The van der Waals surface area contributed by atoms with Gasteiger partial charge in [-0.05, 0) is 30.9 Å². The summed E-state index contributed by atoms with van der Waals surface area (Å²) in [4.78, 5) is 23.0. The first-order valence-electron chi connectivity index (χ1n) is 6.42. The number of fused-ring (bicyclic) bond motifs is 1. The van der Waals surface area contributed by atoms with Crippen molar-refractivity contribution < 1.29 is 9.59 Å². The Kier molecular flexibility index (Phi) is 2.78. The Morgan fingerprint density at radius 3 is 2.72 bits per heavy atom. The van der Waals surface area contributed by atoms with Crippen LogP contribution in [-0.4, -0.2) is 17.9 Å². The Bertz CT molecular complexity index is 498. The average Bonchev–Trinajstić information content (AvgIpc) is 2.38. The molecule has 0 spiro atoms. The Morgan fingerprint density at radius 1 is 1.06 bits per heavy atom. The van der Waals surface area contributed by atoms with Crippen LogP contribution in [0.25, 0.3) is 0 Å². The molecule has 0 saturated carbocycles. The molecule has 1 aromatic rings. The SMILES string of the molecule is O=C1CC[C@@H](C2CCc3ccccc3N2)C(=O)N1. The second-order valence-electron chi connectivity index (χ2n) is 5.00. The number of hydrogen-bond donors (Lipinski definition) is 2. The summed E-state index contributed by atoms with van der Waals surface area (Å²) in [6.45, 7) is 0. The topological polar surface area (TPSA) is 58.2 Å². The van der Waals surface area contributed by atoms with Crippen LogP contribution in [0.1, 0.15) is 24.8 Å². The highest BCUT2D eigenvalue weighted by Crippen LogP contribution is 2.30. The van der Waals surface area contributed by atoms with Crippen molar-refractivity contribution >= 4 is 17.5 Å². The lowest BCUT2D eigenvalue weighted by Gasteiger charge is -2.34. The summed E-state index contributed by atoms with van der Waals surface area (Å²) in [5.41, 5.74) is 2.43. The van der Waals surface area contributed by atoms with Gasteiger partial charge in [0, 0.05) is 18.2 Å². The fraction of sp³-hybridized carbons (Fsp3) is 0.429. The normalized spacial score (nSPS) is 27.1. The van der Waals surface area contributed by atoms with Crippen molar-refractivity contribution in [2.75, 3.05) is 5.32 Å². The number of hydrogen-bond acceptors (Lipinski definition) is 3. The number of rotatable bonds is 1. The second kappa shape index (κ2) is 4.44. The molecule has 2 atom stereocenters. The molecule has 2 aliphatic rings. The lowest BCUT2D eigenvalue weighted by molar-refractivity contribution is -0.136. The molecular weight excluding hydrogens is 228 g/mol. The standard InChI is InChI=1S/C14H16N2O2/c17-13-8-6-10(14(18)16-13)12-7-5-9-3-1-2-4-11(9)15-12/h1-4,10,12,15H,5-8H2,(H,16,17,18)/t10-,12?/m0/s1. The van der Waals surface area contributed by atoms with Crippen molar-refractivity contribution in [1.82, 2.24) is 5.32 Å². The van der Waals surface area contributed by atoms with Crippen molar-refractivity contribution in [1.29, 1.82) is 0 Å². The molecule has 2 N–H and O–H groups in total. The maximum Gasteiger partial charge on any atom is 0.231 e. The van der Waals surface area contributed by atoms with E-state index in [0.717, 1.165) is 18.5 Å². The number of carbonyl (C=O) groups excluding carboxylic acids is 2. The van der Waals surface area contributed by atoms with Crippen LogP contribution in [0.5, 0.6) is 0 Å². The molecule has 2 heterocycles. The van der Waals surface area contributed by atoms with Crippen LogP contribution < -0.4 is 10.6 Å². The zero-order chi connectivity index (χ0) is 12.5. The number of aryl methyl sites for hydroxylation is 1. The van der Waals surface area contributed by atoms with E-state index in [0.29, 0.717) is 12.8 Å². The maximum absolute atomic E-state index is 11.8. The predicted octanol–water partition coefficient (Wildman–Crippen LogP) is 1.47. The molecule has 94 valence electrons. The van der Waals surface area contributed by atoms with Crippen molar-refractivity contribution in [3.05, 3.63) is 29.8 Å². The van der Waals surface area contributed by atoms with Crippen LogP contribution in [0.15, 0.2) is 24.3 Å². The minimum Gasteiger partial charge on any atom is -0.381 e. The highest BCUT2D eigenvalue weighted by molar-refractivity contribution is 5.99. The molecular formula is C14H16N2O2. The van der Waals surface area contributed by atoms with Gasteiger partial charge in [-0.25, -0.2) is 0 Å². The monoisotopic (exact) mass is 244 g/mol. The zero-order valence-corrected chi connectivity index (χ0v) is 10.1. The van der Waals surface area contributed by atoms with E-state index in [9.17, 15) is 9.59 Å². The second-order valence-corrected chi connectivity index (χ2v) is 5.00. The van der Waals surface area contributed by atoms with E-state index in [2.05, 4.69) is 16.7 Å². The largest absolute Gasteiger partial charge is 0.381 e. The third-order valence-electron chi connectivity index (χ3n) is 3.85. The third kappa shape index (κ3) is 1.98. The van der Waals surface area contributed by atoms with Crippen molar-refractivity contribution in [3.63, 3.8) is 0 Å². The minimum atomic E-state index is -0.146. The first kappa shape index (κ1) is 11.3. The first-order chi connectivity index (χ1) is 8.74. The van der Waals surface area contributed by atoms with Gasteiger partial charge in [-0.3, -0.25) is 14.9 Å². The Labute approximate surface area is 106 Å². The van der Waals surface area contributed by atoms with Gasteiger partial charge in [-0.2, -0.15) is 0 Å². The lowest BCUT2D eigenvalue weighted by atomic mass is 9.84. The van der Waals surface area contributed by atoms with Gasteiger partial charge in [-0.15, -0.1) is 0 Å². The smallest absolute Gasteiger partial charge is 0.231 e. The van der Waals surface area contributed by atoms with Gasteiger partial charge in [0.2, 0.25) is 11.8 Å². The van der Waals surface area contributed by atoms with E-state index in [4.69, 9.17) is 0 Å². The lowest BCUT2D eigenvalue weighted by Crippen LogP contribution is -2.48. The minimum absolute atomic E-state index is 0.0870. The van der Waals surface area contributed by atoms with Crippen molar-refractivity contribution in [2.45, 2.75) is 31.7 Å². The van der Waals surface area contributed by atoms with E-state index in [1.807, 2.05) is 18.2 Å². The average molecular weight is 244 g/mol. The first-order valence-corrected chi connectivity index (χ1v) is 6.42. The number of benzene rings is 1. The fourth-order valence-electron chi connectivity index (χ4n) is 2.86. The van der Waals surface area contributed by atoms with E-state index < -0.39 is 0 Å². The van der Waals surface area contributed by atoms with Crippen LogP contribution in [0, 0.1) is 5.92 Å². The molecule has 1 saturated heterocycles. The molecule has 18 heavy (non-hydrogen) atoms. The predicted molar refractivity (Wildman–Crippen MR) is 68.0 cm³/mol. The molecule has 1 fully saturated rings. The molecule has 0 radical (unpaired) electrons. The molecule has 3 rings (SSSR count). The van der Waals surface area contributed by atoms with Gasteiger partial charge in [0.05, 0.1) is 5.92 Å². The summed E-state index contributed by atoms with van der Waals surface area (Å²) in [5.74, 6) is -0.355. The number of imide groups is 1. The Morgan fingerprint density at radius 2 is 1.89 bits per heavy atom. The van der Waals surface area contributed by atoms with Gasteiger partial charge in [0.15, 0.2) is 0 Å². The summed E-state index contributed by atoms with van der Waals surface area (Å²) in [5, 5.41) is 5.87. The number of piperidine rings is 1. The highest BCUT2D eigenvalue weighted by Gasteiger charge is 2.34. The van der Waals surface area contributed by atoms with E-state index >= 15 is 0 Å². The molecule has 0 aliphatic carbocycles. The van der Waals surface area contributed by atoms with E-state index in [-0.39, 0.29) is 23.8 Å². The van der Waals surface area contributed by atoms with Crippen LogP contribution >= 0.6 is 0 Å². The summed E-state index contributed by atoms with van der Waals surface area (Å²) >= 11 is 0. The van der Waals surface area contributed by atoms with Gasteiger partial charge >= 0.3 is 0 Å². The van der Waals surface area contributed by atoms with Crippen LogP contribution in [0.3, 0.4) is 0 Å². The van der Waals surface area contributed by atoms with Gasteiger partial charge < -0.3 is 5.32 Å². The zero-order valence-electron chi connectivity index (χ0n) is 10.1. The summed E-state index contributed by atoms with van der Waals surface area (Å²) < 4.78 is 0. The number of anilines is 1. The summed E-state index contributed by atoms with van der Waals surface area (Å²) in [6.07, 6.45) is 3.05. The number of nitrogens with one attached hydrogen (secondary N) is 2. The van der Waals surface area contributed by atoms with Gasteiger partial charge in [0.25, 0.3) is 0 Å². The quantitative estimate of drug-likeness (QED) is 0.735. The Hall–Kier alpha value is -1.84. The molecule has 2 aliphatic heterocycles. The molecule has 2 amide bonds. The van der Waals surface area contributed by atoms with Crippen LogP contribution in [0.2, 0.25) is 0 Å².